The van der Waals surface area contributed by atoms with Gasteiger partial charge in [0.05, 0.1) is 10.6 Å². The van der Waals surface area contributed by atoms with Crippen LogP contribution in [0, 0.1) is 0 Å². The molecular formula is C10H13NO6S2. The van der Waals surface area contributed by atoms with E-state index >= 15 is 0 Å². The largest absolute Gasteiger partial charge is 0.480 e. The van der Waals surface area contributed by atoms with E-state index in [1.807, 2.05) is 4.72 Å². The molecule has 106 valence electrons. The highest BCUT2D eigenvalue weighted by atomic mass is 32.2. The summed E-state index contributed by atoms with van der Waals surface area (Å²) < 4.78 is 48.4. The Morgan fingerprint density at radius 3 is 2.21 bits per heavy atom. The number of hydrogen-bond donors (Lipinski definition) is 2. The summed E-state index contributed by atoms with van der Waals surface area (Å²) >= 11 is 0. The maximum atomic E-state index is 11.7. The van der Waals surface area contributed by atoms with Crippen molar-refractivity contribution in [3.05, 3.63) is 24.3 Å². The second-order valence-corrected chi connectivity index (χ2v) is 7.88. The lowest BCUT2D eigenvalue weighted by atomic mass is 10.3. The third-order valence-electron chi connectivity index (χ3n) is 2.35. The van der Waals surface area contributed by atoms with Gasteiger partial charge in [0.2, 0.25) is 10.0 Å². The van der Waals surface area contributed by atoms with Crippen LogP contribution in [0.2, 0.25) is 0 Å². The van der Waals surface area contributed by atoms with Gasteiger partial charge in [0.15, 0.2) is 15.1 Å². The number of nitrogens with one attached hydrogen (secondary N) is 1. The molecule has 0 heterocycles. The number of aliphatic carboxylic acids is 1. The number of rotatable bonds is 5. The first-order valence-electron chi connectivity index (χ1n) is 5.09. The molecule has 19 heavy (non-hydrogen) atoms. The summed E-state index contributed by atoms with van der Waals surface area (Å²) in [6.07, 6.45) is 0.931. The maximum absolute atomic E-state index is 11.7. The van der Waals surface area contributed by atoms with Gasteiger partial charge in [0.25, 0.3) is 0 Å². The quantitative estimate of drug-likeness (QED) is 0.808. The number of hydrogen-bond acceptors (Lipinski definition) is 5. The van der Waals surface area contributed by atoms with Crippen molar-refractivity contribution in [3.8, 4) is 0 Å². The van der Waals surface area contributed by atoms with Crippen LogP contribution in [0.25, 0.3) is 0 Å². The van der Waals surface area contributed by atoms with Gasteiger partial charge in [-0.15, -0.1) is 0 Å². The first-order chi connectivity index (χ1) is 8.55. The van der Waals surface area contributed by atoms with E-state index in [0.29, 0.717) is 0 Å². The molecule has 9 heteroatoms. The van der Waals surface area contributed by atoms with Crippen molar-refractivity contribution < 1.29 is 26.7 Å². The summed E-state index contributed by atoms with van der Waals surface area (Å²) in [7, 11) is -7.84. The molecule has 2 N–H and O–H groups in total. The Morgan fingerprint density at radius 2 is 1.74 bits per heavy atom. The standard InChI is InChI=1S/C10H13NO6S2/c1-7(10(12)13)19(16,17)11-8-5-3-4-6-9(8)18(2,14)15/h3-7,11H,1-2H3,(H,12,13). The average Bonchev–Trinajstić information content (AvgIpc) is 2.26. The van der Waals surface area contributed by atoms with Gasteiger partial charge in [0, 0.05) is 6.26 Å². The summed E-state index contributed by atoms with van der Waals surface area (Å²) in [6.45, 7) is 0.994. The topological polar surface area (TPSA) is 118 Å². The zero-order chi connectivity index (χ0) is 14.8. The van der Waals surface area contributed by atoms with E-state index in [1.165, 1.54) is 24.3 Å². The van der Waals surface area contributed by atoms with Crippen LogP contribution >= 0.6 is 0 Å². The van der Waals surface area contributed by atoms with Gasteiger partial charge in [-0.25, -0.2) is 16.8 Å². The molecule has 1 unspecified atom stereocenters. The molecule has 0 aromatic heterocycles. The van der Waals surface area contributed by atoms with Crippen LogP contribution in [0.1, 0.15) is 6.92 Å². The molecule has 0 aliphatic rings. The SMILES string of the molecule is CC(C(=O)O)S(=O)(=O)Nc1ccccc1S(C)(=O)=O. The Kier molecular flexibility index (Phi) is 4.21. The second-order valence-electron chi connectivity index (χ2n) is 3.90. The lowest BCUT2D eigenvalue weighted by Crippen LogP contribution is -2.32. The van der Waals surface area contributed by atoms with E-state index in [1.54, 1.807) is 0 Å². The maximum Gasteiger partial charge on any atom is 0.323 e. The van der Waals surface area contributed by atoms with Crippen LogP contribution in [0.5, 0.6) is 0 Å². The predicted molar refractivity (Wildman–Crippen MR) is 69.2 cm³/mol. The molecule has 0 aliphatic carbocycles. The first-order valence-corrected chi connectivity index (χ1v) is 8.53. The smallest absolute Gasteiger partial charge is 0.323 e. The predicted octanol–water partition coefficient (Wildman–Crippen LogP) is 0.305. The van der Waals surface area contributed by atoms with Gasteiger partial charge >= 0.3 is 5.97 Å². The summed E-state index contributed by atoms with van der Waals surface area (Å²) in [4.78, 5) is 10.5. The molecule has 7 nitrogen and oxygen atoms in total. The molecule has 0 bridgehead atoms. The molecule has 1 aromatic rings. The number of carboxylic acid groups (broad SMARTS) is 1. The summed E-state index contributed by atoms with van der Waals surface area (Å²) in [5, 5.41) is 6.99. The van der Waals surface area contributed by atoms with Gasteiger partial charge in [-0.2, -0.15) is 0 Å². The summed E-state index contributed by atoms with van der Waals surface area (Å²) in [6, 6.07) is 5.37. The lowest BCUT2D eigenvalue weighted by molar-refractivity contribution is -0.136. The number of para-hydroxylation sites is 1. The number of benzene rings is 1. The molecule has 0 radical (unpaired) electrons. The van der Waals surface area contributed by atoms with Gasteiger partial charge in [-0.1, -0.05) is 12.1 Å². The van der Waals surface area contributed by atoms with Crippen molar-refractivity contribution in [1.82, 2.24) is 0 Å². The highest BCUT2D eigenvalue weighted by Gasteiger charge is 2.29. The van der Waals surface area contributed by atoms with Gasteiger partial charge in [-0.05, 0) is 19.1 Å². The number of sulfone groups is 1. The molecule has 0 saturated carbocycles. The summed E-state index contributed by atoms with van der Waals surface area (Å²) in [5.74, 6) is -1.52. The summed E-state index contributed by atoms with van der Waals surface area (Å²) in [5.41, 5.74) is -0.168. The Labute approximate surface area is 111 Å². The molecule has 0 aliphatic heterocycles. The van der Waals surface area contributed by atoms with Crippen LogP contribution < -0.4 is 4.72 Å². The minimum atomic E-state index is -4.21. The fourth-order valence-electron chi connectivity index (χ4n) is 1.25. The van der Waals surface area contributed by atoms with E-state index in [4.69, 9.17) is 5.11 Å². The third kappa shape index (κ3) is 3.67. The van der Waals surface area contributed by atoms with Gasteiger partial charge < -0.3 is 5.11 Å². The van der Waals surface area contributed by atoms with E-state index in [9.17, 15) is 21.6 Å². The van der Waals surface area contributed by atoms with Crippen molar-refractivity contribution in [2.75, 3.05) is 11.0 Å². The van der Waals surface area contributed by atoms with Crippen LogP contribution in [-0.2, 0) is 24.7 Å². The van der Waals surface area contributed by atoms with Crippen molar-refractivity contribution in [3.63, 3.8) is 0 Å². The van der Waals surface area contributed by atoms with Crippen LogP contribution in [0.3, 0.4) is 0 Å². The monoisotopic (exact) mass is 307 g/mol. The molecule has 0 fully saturated rings. The Morgan fingerprint density at radius 1 is 1.21 bits per heavy atom. The molecular weight excluding hydrogens is 294 g/mol. The van der Waals surface area contributed by atoms with Crippen LogP contribution in [-0.4, -0.2) is 39.4 Å². The first kappa shape index (κ1) is 15.4. The number of carboxylic acids is 1. The highest BCUT2D eigenvalue weighted by molar-refractivity contribution is 7.94. The lowest BCUT2D eigenvalue weighted by Gasteiger charge is -2.13. The normalized spacial score (nSPS) is 13.8. The zero-order valence-electron chi connectivity index (χ0n) is 10.2. The second kappa shape index (κ2) is 5.17. The van der Waals surface area contributed by atoms with Crippen molar-refractivity contribution in [1.29, 1.82) is 0 Å². The Balaban J connectivity index is 3.25. The third-order valence-corrected chi connectivity index (χ3v) is 5.14. The Bertz CT molecular complexity index is 692. The van der Waals surface area contributed by atoms with Crippen LogP contribution in [0.4, 0.5) is 5.69 Å². The van der Waals surface area contributed by atoms with Crippen molar-refractivity contribution in [2.45, 2.75) is 17.1 Å². The highest BCUT2D eigenvalue weighted by Crippen LogP contribution is 2.22. The molecule has 1 aromatic carbocycles. The fourth-order valence-corrected chi connectivity index (χ4v) is 3.08. The molecule has 0 amide bonds. The Hall–Kier alpha value is -1.61. The van der Waals surface area contributed by atoms with Crippen LogP contribution in [0.15, 0.2) is 29.2 Å². The van der Waals surface area contributed by atoms with E-state index in [2.05, 4.69) is 0 Å². The zero-order valence-corrected chi connectivity index (χ0v) is 11.8. The molecule has 0 spiro atoms. The number of sulfonamides is 1. The van der Waals surface area contributed by atoms with E-state index < -0.39 is 31.1 Å². The minimum absolute atomic E-state index is 0.168. The van der Waals surface area contributed by atoms with Crippen molar-refractivity contribution in [2.24, 2.45) is 0 Å². The fraction of sp³-hybridized carbons (Fsp3) is 0.300. The minimum Gasteiger partial charge on any atom is -0.480 e. The number of carbonyl (C=O) groups is 1. The average molecular weight is 307 g/mol. The number of anilines is 1. The van der Waals surface area contributed by atoms with E-state index in [-0.39, 0.29) is 10.6 Å². The van der Waals surface area contributed by atoms with Gasteiger partial charge in [0.1, 0.15) is 0 Å². The van der Waals surface area contributed by atoms with Gasteiger partial charge in [-0.3, -0.25) is 9.52 Å². The molecule has 1 rings (SSSR count). The molecule has 1 atom stereocenters. The van der Waals surface area contributed by atoms with E-state index in [0.717, 1.165) is 13.2 Å². The molecule has 0 saturated heterocycles. The van der Waals surface area contributed by atoms with Crippen molar-refractivity contribution >= 4 is 31.5 Å².